The van der Waals surface area contributed by atoms with Gasteiger partial charge >= 0.3 is 0 Å². The molecule has 4 nitrogen and oxygen atoms in total. The summed E-state index contributed by atoms with van der Waals surface area (Å²) in [5, 5.41) is 3.15. The third-order valence-corrected chi connectivity index (χ3v) is 3.80. The predicted molar refractivity (Wildman–Crippen MR) is 84.8 cm³/mol. The molecule has 5 heteroatoms. The van der Waals surface area contributed by atoms with Gasteiger partial charge in [-0.05, 0) is 57.0 Å². The van der Waals surface area contributed by atoms with E-state index in [1.807, 2.05) is 20.9 Å². The second kappa shape index (κ2) is 7.98. The van der Waals surface area contributed by atoms with Crippen LogP contribution in [0.4, 0.5) is 10.1 Å². The minimum atomic E-state index is -0.636. The van der Waals surface area contributed by atoms with Gasteiger partial charge in [-0.2, -0.15) is 0 Å². The highest BCUT2D eigenvalue weighted by Gasteiger charge is 2.28. The van der Waals surface area contributed by atoms with Crippen LogP contribution in [0.5, 0.6) is 0 Å². The molecule has 0 aromatic heterocycles. The van der Waals surface area contributed by atoms with Crippen molar-refractivity contribution in [2.45, 2.75) is 38.6 Å². The lowest BCUT2D eigenvalue weighted by molar-refractivity contribution is -0.124. The zero-order chi connectivity index (χ0) is 15.9. The lowest BCUT2D eigenvalue weighted by Crippen LogP contribution is -2.53. The smallest absolute Gasteiger partial charge is 0.237 e. The molecule has 1 rings (SSSR count). The van der Waals surface area contributed by atoms with Gasteiger partial charge in [-0.1, -0.05) is 6.92 Å². The van der Waals surface area contributed by atoms with E-state index < -0.39 is 5.54 Å². The van der Waals surface area contributed by atoms with Crippen LogP contribution in [0.25, 0.3) is 0 Å². The summed E-state index contributed by atoms with van der Waals surface area (Å²) in [6.07, 6.45) is 2.56. The molecule has 0 fully saturated rings. The molecule has 0 aliphatic rings. The second-order valence-electron chi connectivity index (χ2n) is 5.58. The number of nitrogens with two attached hydrogens (primary N) is 1. The number of hydrogen-bond acceptors (Lipinski definition) is 3. The Balaban J connectivity index is 2.39. The van der Waals surface area contributed by atoms with E-state index in [0.29, 0.717) is 6.42 Å². The number of anilines is 1. The van der Waals surface area contributed by atoms with Crippen LogP contribution < -0.4 is 16.0 Å². The van der Waals surface area contributed by atoms with Crippen LogP contribution >= 0.6 is 0 Å². The summed E-state index contributed by atoms with van der Waals surface area (Å²) >= 11 is 0. The molecule has 118 valence electrons. The molecule has 3 N–H and O–H groups in total. The van der Waals surface area contributed by atoms with Gasteiger partial charge in [0.05, 0.1) is 5.54 Å². The first-order chi connectivity index (χ1) is 9.89. The number of unbranched alkanes of at least 4 members (excludes halogenated alkanes) is 1. The molecular weight excluding hydrogens is 269 g/mol. The molecule has 0 aliphatic heterocycles. The molecule has 0 aliphatic carbocycles. The quantitative estimate of drug-likeness (QED) is 0.687. The Morgan fingerprint density at radius 1 is 1.33 bits per heavy atom. The van der Waals surface area contributed by atoms with Crippen LogP contribution in [0.15, 0.2) is 24.3 Å². The van der Waals surface area contributed by atoms with Gasteiger partial charge in [-0.15, -0.1) is 0 Å². The molecule has 1 atom stereocenters. The number of hydrogen-bond donors (Lipinski definition) is 2. The van der Waals surface area contributed by atoms with Gasteiger partial charge in [-0.25, -0.2) is 4.39 Å². The van der Waals surface area contributed by atoms with E-state index in [9.17, 15) is 9.18 Å². The predicted octanol–water partition coefficient (Wildman–Crippen LogP) is 2.29. The molecule has 0 radical (unpaired) electrons. The van der Waals surface area contributed by atoms with Gasteiger partial charge in [0, 0.05) is 19.3 Å². The summed E-state index contributed by atoms with van der Waals surface area (Å²) in [6.45, 7) is 5.38. The van der Waals surface area contributed by atoms with Gasteiger partial charge in [-0.3, -0.25) is 4.79 Å². The first-order valence-electron chi connectivity index (χ1n) is 7.40. The lowest BCUT2D eigenvalue weighted by atomic mass is 9.94. The van der Waals surface area contributed by atoms with E-state index in [-0.39, 0.29) is 11.7 Å². The molecule has 0 heterocycles. The molecular formula is C16H26FN3O. The zero-order valence-electron chi connectivity index (χ0n) is 13.2. The Kier molecular flexibility index (Phi) is 6.62. The van der Waals surface area contributed by atoms with Gasteiger partial charge in [0.2, 0.25) is 5.91 Å². The molecule has 0 saturated carbocycles. The van der Waals surface area contributed by atoms with Crippen LogP contribution in [-0.2, 0) is 4.79 Å². The van der Waals surface area contributed by atoms with Crippen molar-refractivity contribution in [3.63, 3.8) is 0 Å². The molecule has 0 spiro atoms. The van der Waals surface area contributed by atoms with Gasteiger partial charge < -0.3 is 16.0 Å². The van der Waals surface area contributed by atoms with Gasteiger partial charge in [0.25, 0.3) is 0 Å². The van der Waals surface area contributed by atoms with Crippen molar-refractivity contribution in [2.75, 3.05) is 25.0 Å². The first kappa shape index (κ1) is 17.4. The molecule has 1 aromatic rings. The number of nitrogens with zero attached hydrogens (tertiary/aromatic N) is 1. The fraction of sp³-hybridized carbons (Fsp3) is 0.562. The Hall–Kier alpha value is -1.62. The van der Waals surface area contributed by atoms with Gasteiger partial charge in [0.15, 0.2) is 0 Å². The van der Waals surface area contributed by atoms with Crippen molar-refractivity contribution < 1.29 is 9.18 Å². The number of carbonyl (C=O) groups is 1. The van der Waals surface area contributed by atoms with Crippen molar-refractivity contribution in [3.05, 3.63) is 30.1 Å². The fourth-order valence-corrected chi connectivity index (χ4v) is 2.34. The summed E-state index contributed by atoms with van der Waals surface area (Å²) < 4.78 is 12.9. The largest absolute Gasteiger partial charge is 0.375 e. The zero-order valence-corrected chi connectivity index (χ0v) is 13.2. The Bertz CT molecular complexity index is 449. The molecule has 21 heavy (non-hydrogen) atoms. The maximum Gasteiger partial charge on any atom is 0.237 e. The first-order valence-corrected chi connectivity index (χ1v) is 7.40. The fourth-order valence-electron chi connectivity index (χ4n) is 2.34. The summed E-state index contributed by atoms with van der Waals surface area (Å²) in [5.41, 5.74) is 5.81. The Morgan fingerprint density at radius 2 is 1.95 bits per heavy atom. The maximum atomic E-state index is 12.9. The third kappa shape index (κ3) is 5.34. The topological polar surface area (TPSA) is 58.4 Å². The van der Waals surface area contributed by atoms with E-state index in [1.54, 1.807) is 12.1 Å². The van der Waals surface area contributed by atoms with E-state index in [4.69, 9.17) is 5.73 Å². The number of carbonyl (C=O) groups excluding carboxylic acids is 1. The number of benzene rings is 1. The van der Waals surface area contributed by atoms with E-state index >= 15 is 0 Å². The Labute approximate surface area is 126 Å². The minimum Gasteiger partial charge on any atom is -0.375 e. The average molecular weight is 295 g/mol. The summed E-state index contributed by atoms with van der Waals surface area (Å²) in [7, 11) is 1.98. The van der Waals surface area contributed by atoms with Crippen LogP contribution in [0, 0.1) is 5.82 Å². The molecule has 1 aromatic carbocycles. The van der Waals surface area contributed by atoms with Crippen molar-refractivity contribution >= 4 is 11.6 Å². The van der Waals surface area contributed by atoms with Crippen molar-refractivity contribution in [1.82, 2.24) is 5.32 Å². The average Bonchev–Trinajstić information content (AvgIpc) is 2.44. The molecule has 0 saturated heterocycles. The maximum absolute atomic E-state index is 12.9. The number of halogens is 1. The van der Waals surface area contributed by atoms with Crippen LogP contribution in [-0.4, -0.2) is 31.6 Å². The van der Waals surface area contributed by atoms with Gasteiger partial charge in [0.1, 0.15) is 5.82 Å². The van der Waals surface area contributed by atoms with E-state index in [0.717, 1.165) is 31.6 Å². The summed E-state index contributed by atoms with van der Waals surface area (Å²) in [6, 6.07) is 6.45. The number of likely N-dealkylation sites (N-methyl/N-ethyl adjacent to an activating group) is 1. The Morgan fingerprint density at radius 3 is 2.48 bits per heavy atom. The number of amides is 1. The standard InChI is InChI=1S/C16H26FN3O/c1-4-19-16(2,15(18)21)11-5-6-12-20(3)14-9-7-13(17)8-10-14/h7-10,19H,4-6,11-12H2,1-3H3,(H2,18,21). The number of primary amides is 1. The highest BCUT2D eigenvalue weighted by atomic mass is 19.1. The summed E-state index contributed by atoms with van der Waals surface area (Å²) in [4.78, 5) is 13.6. The van der Waals surface area contributed by atoms with Crippen molar-refractivity contribution in [2.24, 2.45) is 5.73 Å². The third-order valence-electron chi connectivity index (χ3n) is 3.80. The second-order valence-corrected chi connectivity index (χ2v) is 5.58. The van der Waals surface area contributed by atoms with E-state index in [2.05, 4.69) is 10.2 Å². The SMILES string of the molecule is CCNC(C)(CCCCN(C)c1ccc(F)cc1)C(N)=O. The highest BCUT2D eigenvalue weighted by molar-refractivity contribution is 5.84. The van der Waals surface area contributed by atoms with Crippen molar-refractivity contribution in [1.29, 1.82) is 0 Å². The number of rotatable bonds is 9. The van der Waals surface area contributed by atoms with Crippen molar-refractivity contribution in [3.8, 4) is 0 Å². The van der Waals surface area contributed by atoms with E-state index in [1.165, 1.54) is 12.1 Å². The lowest BCUT2D eigenvalue weighted by Gasteiger charge is -2.27. The van der Waals surface area contributed by atoms with Crippen LogP contribution in [0.2, 0.25) is 0 Å². The molecule has 1 amide bonds. The minimum absolute atomic E-state index is 0.227. The molecule has 1 unspecified atom stereocenters. The van der Waals surface area contributed by atoms with Crippen LogP contribution in [0.3, 0.4) is 0 Å². The highest BCUT2D eigenvalue weighted by Crippen LogP contribution is 2.16. The van der Waals surface area contributed by atoms with Crippen LogP contribution in [0.1, 0.15) is 33.1 Å². The monoisotopic (exact) mass is 295 g/mol. The normalized spacial score (nSPS) is 13.7. The molecule has 0 bridgehead atoms. The number of nitrogens with one attached hydrogen (secondary N) is 1. The summed E-state index contributed by atoms with van der Waals surface area (Å²) in [5.74, 6) is -0.536.